The Labute approximate surface area is 391 Å². The van der Waals surface area contributed by atoms with Gasteiger partial charge in [-0.3, -0.25) is 14.5 Å². The lowest BCUT2D eigenvalue weighted by atomic mass is 9.67. The van der Waals surface area contributed by atoms with Crippen LogP contribution in [0.4, 0.5) is 0 Å². The normalized spacial score (nSPS) is 12.8. The largest absolute Gasteiger partial charge is 0.277 e. The number of fused-ring (bicyclic) bond motifs is 10. The van der Waals surface area contributed by atoms with E-state index in [9.17, 15) is 0 Å². The monoisotopic (exact) mass is 866 g/mol. The molecule has 0 amide bonds. The lowest BCUT2D eigenvalue weighted by molar-refractivity contribution is 0.769. The summed E-state index contributed by atoms with van der Waals surface area (Å²) in [6, 6.07) is 75.8. The van der Waals surface area contributed by atoms with E-state index in [1.807, 2.05) is 55.0 Å². The molecule has 0 atom stereocenters. The molecule has 6 nitrogen and oxygen atoms in total. The number of imidazole rings is 1. The van der Waals surface area contributed by atoms with Crippen LogP contribution in [0, 0.1) is 0 Å². The zero-order valence-corrected chi connectivity index (χ0v) is 36.6. The van der Waals surface area contributed by atoms with Crippen molar-refractivity contribution in [2.45, 2.75) is 5.41 Å². The fourth-order valence-electron chi connectivity index (χ4n) is 11.0. The molecular formula is C62H38N6. The molecule has 68 heavy (non-hydrogen) atoms. The van der Waals surface area contributed by atoms with E-state index >= 15 is 0 Å². The number of benzene rings is 8. The van der Waals surface area contributed by atoms with E-state index in [0.717, 1.165) is 106 Å². The van der Waals surface area contributed by atoms with Gasteiger partial charge in [-0.2, -0.15) is 0 Å². The number of pyridine rings is 4. The molecule has 0 fully saturated rings. The Hall–Kier alpha value is -9.13. The van der Waals surface area contributed by atoms with E-state index in [1.165, 1.54) is 21.9 Å². The van der Waals surface area contributed by atoms with Crippen molar-refractivity contribution in [3.8, 4) is 50.6 Å². The van der Waals surface area contributed by atoms with Crippen molar-refractivity contribution in [3.63, 3.8) is 0 Å². The molecule has 6 heteroatoms. The van der Waals surface area contributed by atoms with Crippen molar-refractivity contribution in [1.82, 2.24) is 29.5 Å². The second kappa shape index (κ2) is 15.0. The molecular weight excluding hydrogens is 829 g/mol. The number of nitrogens with zero attached hydrogens (tertiary/aromatic N) is 6. The summed E-state index contributed by atoms with van der Waals surface area (Å²) in [6.07, 6.45) is 5.66. The van der Waals surface area contributed by atoms with Gasteiger partial charge in [0.2, 0.25) is 0 Å². The highest BCUT2D eigenvalue weighted by Gasteiger charge is 2.48. The molecule has 5 aromatic heterocycles. The summed E-state index contributed by atoms with van der Waals surface area (Å²) >= 11 is 0. The first-order valence-corrected chi connectivity index (χ1v) is 23.0. The fourth-order valence-corrected chi connectivity index (χ4v) is 11.0. The van der Waals surface area contributed by atoms with Crippen molar-refractivity contribution < 1.29 is 0 Å². The topological polar surface area (TPSA) is 69.4 Å². The summed E-state index contributed by atoms with van der Waals surface area (Å²) in [4.78, 5) is 25.9. The zero-order valence-electron chi connectivity index (χ0n) is 36.6. The SMILES string of the molecule is c1ccc(-n2c(-c3ccc(-c4ccnc5c4ccc4cc6c(nc45)-c4c(cc(-c5ccc7ccccc7c5)c5cccnc45)C6(c4ccccc4)c4ccccc4)cc3)nc3cccnc32)cc1. The van der Waals surface area contributed by atoms with E-state index in [4.69, 9.17) is 24.9 Å². The highest BCUT2D eigenvalue weighted by molar-refractivity contribution is 6.13. The summed E-state index contributed by atoms with van der Waals surface area (Å²) in [6.45, 7) is 0. The highest BCUT2D eigenvalue weighted by atomic mass is 15.1. The summed E-state index contributed by atoms with van der Waals surface area (Å²) in [5, 5.41) is 5.56. The van der Waals surface area contributed by atoms with E-state index in [-0.39, 0.29) is 0 Å². The van der Waals surface area contributed by atoms with Crippen LogP contribution < -0.4 is 0 Å². The lowest BCUT2D eigenvalue weighted by Gasteiger charge is -2.34. The minimum atomic E-state index is -0.700. The van der Waals surface area contributed by atoms with Gasteiger partial charge in [-0.1, -0.05) is 158 Å². The van der Waals surface area contributed by atoms with E-state index in [0.29, 0.717) is 0 Å². The van der Waals surface area contributed by atoms with Gasteiger partial charge < -0.3 is 0 Å². The van der Waals surface area contributed by atoms with Crippen LogP contribution in [-0.2, 0) is 5.41 Å². The molecule has 0 radical (unpaired) electrons. The predicted molar refractivity (Wildman–Crippen MR) is 276 cm³/mol. The molecule has 14 rings (SSSR count). The van der Waals surface area contributed by atoms with Crippen molar-refractivity contribution >= 4 is 54.6 Å². The quantitative estimate of drug-likeness (QED) is 0.156. The Morgan fingerprint density at radius 2 is 1.03 bits per heavy atom. The Morgan fingerprint density at radius 3 is 1.82 bits per heavy atom. The Balaban J connectivity index is 0.990. The first-order chi connectivity index (χ1) is 33.7. The summed E-state index contributed by atoms with van der Waals surface area (Å²) < 4.78 is 2.13. The number of rotatable bonds is 6. The van der Waals surface area contributed by atoms with Crippen molar-refractivity contribution in [3.05, 3.63) is 253 Å². The molecule has 0 saturated carbocycles. The average Bonchev–Trinajstić information content (AvgIpc) is 3.94. The molecule has 0 saturated heterocycles. The second-order valence-corrected chi connectivity index (χ2v) is 17.6. The van der Waals surface area contributed by atoms with Crippen LogP contribution in [0.15, 0.2) is 231 Å². The summed E-state index contributed by atoms with van der Waals surface area (Å²) in [5.41, 5.74) is 16.7. The summed E-state index contributed by atoms with van der Waals surface area (Å²) in [5.74, 6) is 0.842. The van der Waals surface area contributed by atoms with Crippen molar-refractivity contribution in [1.29, 1.82) is 0 Å². The molecule has 8 aromatic carbocycles. The molecule has 0 bridgehead atoms. The van der Waals surface area contributed by atoms with E-state index in [2.05, 4.69) is 180 Å². The number of hydrogen-bond acceptors (Lipinski definition) is 5. The van der Waals surface area contributed by atoms with Crippen LogP contribution in [0.3, 0.4) is 0 Å². The molecule has 0 spiro atoms. The van der Waals surface area contributed by atoms with Gasteiger partial charge in [-0.05, 0) is 110 Å². The molecule has 5 heterocycles. The Morgan fingerprint density at radius 1 is 0.382 bits per heavy atom. The van der Waals surface area contributed by atoms with Gasteiger partial charge in [0.25, 0.3) is 0 Å². The van der Waals surface area contributed by atoms with Gasteiger partial charge in [0.1, 0.15) is 11.3 Å². The molecule has 316 valence electrons. The molecule has 0 aliphatic heterocycles. The fraction of sp³-hybridized carbons (Fsp3) is 0.0161. The maximum Gasteiger partial charge on any atom is 0.164 e. The van der Waals surface area contributed by atoms with Gasteiger partial charge in [-0.15, -0.1) is 0 Å². The molecule has 1 aliphatic rings. The number of para-hydroxylation sites is 1. The lowest BCUT2D eigenvalue weighted by Crippen LogP contribution is -2.28. The number of aromatic nitrogens is 6. The third kappa shape index (κ3) is 5.61. The van der Waals surface area contributed by atoms with Crippen LogP contribution in [0.5, 0.6) is 0 Å². The standard InChI is InChI=1S/C62H38N6/c1-4-16-45(17-5-1)62(46-18-6-2-7-19-46)52-38-51(43-29-24-39-14-10-11-15-42(39)36-43)49-22-12-33-63-57(49)55(52)59-53(62)37-44-30-31-50-48(32-35-64-58(50)56(44)67-59)40-25-27-41(28-26-40)60-66-54-23-13-34-65-61(54)68(60)47-20-8-3-9-21-47/h1-38H. The van der Waals surface area contributed by atoms with Gasteiger partial charge in [-0.25, -0.2) is 15.0 Å². The number of hydrogen-bond donors (Lipinski definition) is 0. The minimum absolute atomic E-state index is 0.700. The Bertz CT molecular complexity index is 4090. The molecule has 0 N–H and O–H groups in total. The average molecular weight is 867 g/mol. The van der Waals surface area contributed by atoms with Crippen molar-refractivity contribution in [2.24, 2.45) is 0 Å². The van der Waals surface area contributed by atoms with Gasteiger partial charge in [0.05, 0.1) is 27.7 Å². The van der Waals surface area contributed by atoms with Crippen LogP contribution in [-0.4, -0.2) is 29.5 Å². The maximum absolute atomic E-state index is 5.79. The third-order valence-corrected chi connectivity index (χ3v) is 14.0. The van der Waals surface area contributed by atoms with Crippen LogP contribution >= 0.6 is 0 Å². The van der Waals surface area contributed by atoms with Gasteiger partial charge in [0, 0.05) is 51.6 Å². The van der Waals surface area contributed by atoms with Crippen LogP contribution in [0.25, 0.3) is 105 Å². The van der Waals surface area contributed by atoms with Crippen LogP contribution in [0.2, 0.25) is 0 Å². The molecule has 1 aliphatic carbocycles. The predicted octanol–water partition coefficient (Wildman–Crippen LogP) is 14.6. The van der Waals surface area contributed by atoms with Crippen molar-refractivity contribution in [2.75, 3.05) is 0 Å². The maximum atomic E-state index is 5.79. The second-order valence-electron chi connectivity index (χ2n) is 17.6. The van der Waals surface area contributed by atoms with E-state index < -0.39 is 5.41 Å². The highest BCUT2D eigenvalue weighted by Crippen LogP contribution is 2.59. The van der Waals surface area contributed by atoms with Gasteiger partial charge in [0.15, 0.2) is 5.65 Å². The molecule has 0 unspecified atom stereocenters. The van der Waals surface area contributed by atoms with Crippen LogP contribution in [0.1, 0.15) is 22.3 Å². The van der Waals surface area contributed by atoms with Gasteiger partial charge >= 0.3 is 0 Å². The Kier molecular flexibility index (Phi) is 8.39. The molecule has 13 aromatic rings. The third-order valence-electron chi connectivity index (χ3n) is 14.0. The first-order valence-electron chi connectivity index (χ1n) is 23.0. The summed E-state index contributed by atoms with van der Waals surface area (Å²) in [7, 11) is 0. The van der Waals surface area contributed by atoms with E-state index in [1.54, 1.807) is 0 Å². The zero-order chi connectivity index (χ0) is 44.8. The minimum Gasteiger partial charge on any atom is -0.277 e. The first kappa shape index (κ1) is 38.2. The smallest absolute Gasteiger partial charge is 0.164 e.